The number of rotatable bonds is 4. The Hall–Kier alpha value is -1.66. The standard InChI is InChI=1S/C11H12ClN3O3/c1-6(11(16)17)15-9(5-18-2)14-8-3-7(12)4-13-10(8)15/h3-4,6H,5H2,1-2H3,(H,16,17). The number of aromatic nitrogens is 3. The van der Waals surface area contributed by atoms with Gasteiger partial charge in [0.05, 0.1) is 5.02 Å². The molecule has 2 aromatic rings. The van der Waals surface area contributed by atoms with Crippen molar-refractivity contribution in [1.29, 1.82) is 0 Å². The topological polar surface area (TPSA) is 77.2 Å². The van der Waals surface area contributed by atoms with Gasteiger partial charge in [-0.2, -0.15) is 0 Å². The van der Waals surface area contributed by atoms with Gasteiger partial charge in [0, 0.05) is 13.3 Å². The normalized spacial score (nSPS) is 12.8. The molecule has 0 spiro atoms. The maximum absolute atomic E-state index is 11.1. The molecule has 2 heterocycles. The predicted octanol–water partition coefficient (Wildman–Crippen LogP) is 1.88. The van der Waals surface area contributed by atoms with Gasteiger partial charge in [0.1, 0.15) is 24.0 Å². The lowest BCUT2D eigenvalue weighted by Gasteiger charge is -2.12. The molecule has 2 rings (SSSR count). The van der Waals surface area contributed by atoms with Crippen LogP contribution in [0.3, 0.4) is 0 Å². The first-order chi connectivity index (χ1) is 8.54. The fourth-order valence-corrected chi connectivity index (χ4v) is 1.90. The monoisotopic (exact) mass is 269 g/mol. The number of imidazole rings is 1. The maximum Gasteiger partial charge on any atom is 0.326 e. The quantitative estimate of drug-likeness (QED) is 0.917. The van der Waals surface area contributed by atoms with Gasteiger partial charge in [-0.05, 0) is 13.0 Å². The van der Waals surface area contributed by atoms with Crippen LogP contribution < -0.4 is 0 Å². The average molecular weight is 270 g/mol. The molecule has 0 amide bonds. The second-order valence-electron chi connectivity index (χ2n) is 3.84. The van der Waals surface area contributed by atoms with Crippen LogP contribution in [-0.4, -0.2) is 32.7 Å². The molecule has 0 aromatic carbocycles. The van der Waals surface area contributed by atoms with E-state index >= 15 is 0 Å². The minimum atomic E-state index is -0.955. The average Bonchev–Trinajstić information content (AvgIpc) is 2.65. The van der Waals surface area contributed by atoms with Crippen LogP contribution in [0.25, 0.3) is 11.2 Å². The molecular weight excluding hydrogens is 258 g/mol. The van der Waals surface area contributed by atoms with Crippen molar-refractivity contribution in [3.05, 3.63) is 23.1 Å². The van der Waals surface area contributed by atoms with Crippen LogP contribution in [0.5, 0.6) is 0 Å². The van der Waals surface area contributed by atoms with E-state index in [-0.39, 0.29) is 6.61 Å². The van der Waals surface area contributed by atoms with Crippen molar-refractivity contribution < 1.29 is 14.6 Å². The molecule has 6 nitrogen and oxygen atoms in total. The summed E-state index contributed by atoms with van der Waals surface area (Å²) < 4.78 is 6.56. The molecule has 18 heavy (non-hydrogen) atoms. The molecule has 1 N–H and O–H groups in total. The van der Waals surface area contributed by atoms with E-state index in [0.717, 1.165) is 0 Å². The molecule has 0 radical (unpaired) electrons. The zero-order chi connectivity index (χ0) is 13.3. The van der Waals surface area contributed by atoms with E-state index in [0.29, 0.717) is 22.0 Å². The SMILES string of the molecule is COCc1nc2cc(Cl)cnc2n1C(C)C(=O)O. The second-order valence-corrected chi connectivity index (χ2v) is 4.28. The van der Waals surface area contributed by atoms with Crippen LogP contribution in [0.15, 0.2) is 12.3 Å². The molecule has 0 aliphatic heterocycles. The van der Waals surface area contributed by atoms with Gasteiger partial charge in [-0.15, -0.1) is 0 Å². The van der Waals surface area contributed by atoms with E-state index in [2.05, 4.69) is 9.97 Å². The molecule has 0 bridgehead atoms. The van der Waals surface area contributed by atoms with E-state index in [1.54, 1.807) is 13.0 Å². The Morgan fingerprint density at radius 1 is 1.67 bits per heavy atom. The van der Waals surface area contributed by atoms with Gasteiger partial charge >= 0.3 is 5.97 Å². The van der Waals surface area contributed by atoms with Crippen LogP contribution >= 0.6 is 11.6 Å². The molecule has 0 fully saturated rings. The molecule has 0 aliphatic carbocycles. The Bertz CT molecular complexity index is 596. The Morgan fingerprint density at radius 3 is 3.00 bits per heavy atom. The predicted molar refractivity (Wildman–Crippen MR) is 65.6 cm³/mol. The number of hydrogen-bond acceptors (Lipinski definition) is 4. The first-order valence-corrected chi connectivity index (χ1v) is 5.66. The largest absolute Gasteiger partial charge is 0.480 e. The van der Waals surface area contributed by atoms with Crippen molar-refractivity contribution in [3.63, 3.8) is 0 Å². The highest BCUT2D eigenvalue weighted by atomic mass is 35.5. The number of fused-ring (bicyclic) bond motifs is 1. The van der Waals surface area contributed by atoms with Crippen molar-refractivity contribution >= 4 is 28.7 Å². The van der Waals surface area contributed by atoms with Crippen LogP contribution in [0, 0.1) is 0 Å². The number of nitrogens with zero attached hydrogens (tertiary/aromatic N) is 3. The maximum atomic E-state index is 11.1. The molecule has 1 atom stereocenters. The summed E-state index contributed by atoms with van der Waals surface area (Å²) in [6, 6.07) is 0.877. The van der Waals surface area contributed by atoms with E-state index in [1.165, 1.54) is 17.9 Å². The number of pyridine rings is 1. The molecule has 7 heteroatoms. The van der Waals surface area contributed by atoms with E-state index in [4.69, 9.17) is 21.4 Å². The van der Waals surface area contributed by atoms with Gasteiger partial charge in [0.2, 0.25) is 0 Å². The number of hydrogen-bond donors (Lipinski definition) is 1. The number of aliphatic carboxylic acids is 1. The van der Waals surface area contributed by atoms with Gasteiger partial charge in [0.25, 0.3) is 0 Å². The number of methoxy groups -OCH3 is 1. The minimum absolute atomic E-state index is 0.214. The van der Waals surface area contributed by atoms with Crippen molar-refractivity contribution in [2.75, 3.05) is 7.11 Å². The van der Waals surface area contributed by atoms with Crippen LogP contribution in [0.1, 0.15) is 18.8 Å². The lowest BCUT2D eigenvalue weighted by atomic mass is 10.3. The van der Waals surface area contributed by atoms with Crippen molar-refractivity contribution in [3.8, 4) is 0 Å². The van der Waals surface area contributed by atoms with Crippen LogP contribution in [0.2, 0.25) is 5.02 Å². The Morgan fingerprint density at radius 2 is 2.39 bits per heavy atom. The van der Waals surface area contributed by atoms with Crippen molar-refractivity contribution in [1.82, 2.24) is 14.5 Å². The third kappa shape index (κ3) is 2.16. The van der Waals surface area contributed by atoms with Crippen molar-refractivity contribution in [2.45, 2.75) is 19.6 Å². The summed E-state index contributed by atoms with van der Waals surface area (Å²) in [6.07, 6.45) is 1.47. The zero-order valence-corrected chi connectivity index (χ0v) is 10.7. The number of ether oxygens (including phenoxy) is 1. The lowest BCUT2D eigenvalue weighted by Crippen LogP contribution is -2.18. The van der Waals surface area contributed by atoms with Gasteiger partial charge in [0.15, 0.2) is 5.65 Å². The Balaban J connectivity index is 2.66. The van der Waals surface area contributed by atoms with Crippen LogP contribution in [0.4, 0.5) is 0 Å². The van der Waals surface area contributed by atoms with E-state index < -0.39 is 12.0 Å². The number of carbonyl (C=O) groups is 1. The summed E-state index contributed by atoms with van der Waals surface area (Å²) in [5.74, 6) is -0.444. The first-order valence-electron chi connectivity index (χ1n) is 5.28. The summed E-state index contributed by atoms with van der Waals surface area (Å²) >= 11 is 5.84. The van der Waals surface area contributed by atoms with E-state index in [9.17, 15) is 4.79 Å². The van der Waals surface area contributed by atoms with Gasteiger partial charge in [-0.25, -0.2) is 14.8 Å². The molecule has 2 aromatic heterocycles. The third-order valence-electron chi connectivity index (χ3n) is 2.59. The highest BCUT2D eigenvalue weighted by Crippen LogP contribution is 2.22. The third-order valence-corrected chi connectivity index (χ3v) is 2.79. The summed E-state index contributed by atoms with van der Waals surface area (Å²) in [5.41, 5.74) is 1.05. The zero-order valence-electron chi connectivity index (χ0n) is 9.92. The molecule has 0 aliphatic rings. The molecule has 0 saturated carbocycles. The highest BCUT2D eigenvalue weighted by Gasteiger charge is 2.21. The number of halogens is 1. The Kier molecular flexibility index (Phi) is 3.49. The summed E-state index contributed by atoms with van der Waals surface area (Å²) in [6.45, 7) is 1.78. The van der Waals surface area contributed by atoms with Gasteiger partial charge in [-0.3, -0.25) is 4.57 Å². The van der Waals surface area contributed by atoms with Gasteiger partial charge in [-0.1, -0.05) is 11.6 Å². The minimum Gasteiger partial charge on any atom is -0.480 e. The lowest BCUT2D eigenvalue weighted by molar-refractivity contribution is -0.140. The van der Waals surface area contributed by atoms with Crippen LogP contribution in [-0.2, 0) is 16.1 Å². The highest BCUT2D eigenvalue weighted by molar-refractivity contribution is 6.31. The fourth-order valence-electron chi connectivity index (χ4n) is 1.75. The number of carboxylic acid groups (broad SMARTS) is 1. The summed E-state index contributed by atoms with van der Waals surface area (Å²) in [5, 5.41) is 9.57. The second kappa shape index (κ2) is 4.91. The molecule has 0 saturated heterocycles. The first kappa shape index (κ1) is 12.8. The summed E-state index contributed by atoms with van der Waals surface area (Å²) in [4.78, 5) is 19.6. The smallest absolute Gasteiger partial charge is 0.326 e. The van der Waals surface area contributed by atoms with E-state index in [1.807, 2.05) is 0 Å². The fraction of sp³-hybridized carbons (Fsp3) is 0.364. The van der Waals surface area contributed by atoms with Crippen molar-refractivity contribution in [2.24, 2.45) is 0 Å². The molecule has 96 valence electrons. The number of carboxylic acids is 1. The molecular formula is C11H12ClN3O3. The van der Waals surface area contributed by atoms with Gasteiger partial charge < -0.3 is 9.84 Å². The summed E-state index contributed by atoms with van der Waals surface area (Å²) in [7, 11) is 1.52. The molecule has 1 unspecified atom stereocenters. The Labute approximate surface area is 108 Å².